The topological polar surface area (TPSA) is 96.8 Å². The van der Waals surface area contributed by atoms with Crippen molar-refractivity contribution in [1.82, 2.24) is 24.7 Å². The molecule has 0 bridgehead atoms. The summed E-state index contributed by atoms with van der Waals surface area (Å²) >= 11 is 0. The van der Waals surface area contributed by atoms with Crippen molar-refractivity contribution < 1.29 is 26.7 Å². The van der Waals surface area contributed by atoms with E-state index < -0.39 is 27.2 Å². The molecule has 3 atom stereocenters. The van der Waals surface area contributed by atoms with Crippen LogP contribution in [0.15, 0.2) is 65.8 Å². The van der Waals surface area contributed by atoms with Gasteiger partial charge in [0.05, 0.1) is 17.8 Å². The number of sulfone groups is 1. The summed E-state index contributed by atoms with van der Waals surface area (Å²) in [5.41, 5.74) is 0.542. The minimum absolute atomic E-state index is 0.0164. The number of likely N-dealkylation sites (tertiary alicyclic amines) is 2. The Bertz CT molecular complexity index is 1670. The monoisotopic (exact) mass is 697 g/mol. The lowest BCUT2D eigenvalue weighted by atomic mass is 9.58. The number of amides is 1. The summed E-state index contributed by atoms with van der Waals surface area (Å²) < 4.78 is 61.1. The smallest absolute Gasteiger partial charge is 0.407 e. The van der Waals surface area contributed by atoms with Crippen LogP contribution in [0.25, 0.3) is 0 Å². The molecule has 2 saturated heterocycles. The Morgan fingerprint density at radius 3 is 2.47 bits per heavy atom. The van der Waals surface area contributed by atoms with Crippen LogP contribution in [0, 0.1) is 29.4 Å². The number of halogens is 2. The summed E-state index contributed by atoms with van der Waals surface area (Å²) in [7, 11) is -2.07. The molecule has 0 spiro atoms. The third kappa shape index (κ3) is 7.86. The first-order chi connectivity index (χ1) is 23.6. The van der Waals surface area contributed by atoms with Crippen LogP contribution in [-0.2, 0) is 33.0 Å². The highest BCUT2D eigenvalue weighted by Gasteiger charge is 2.52. The van der Waals surface area contributed by atoms with E-state index in [1.54, 1.807) is 6.07 Å². The molecule has 1 N–H and O–H groups in total. The zero-order valence-corrected chi connectivity index (χ0v) is 29.4. The quantitative estimate of drug-likeness (QED) is 0.242. The number of hydrogen-bond acceptors (Lipinski definition) is 7. The normalized spacial score (nSPS) is 22.4. The maximum atomic E-state index is 15.1. The van der Waals surface area contributed by atoms with E-state index in [1.807, 2.05) is 18.5 Å². The van der Waals surface area contributed by atoms with Crippen LogP contribution in [-0.4, -0.2) is 92.0 Å². The number of aryl methyl sites for hydroxylation is 1. The molecule has 3 heterocycles. The molecule has 2 aromatic carbocycles. The molecule has 1 aromatic heterocycles. The van der Waals surface area contributed by atoms with Gasteiger partial charge in [-0.05, 0) is 98.5 Å². The minimum atomic E-state index is -3.46. The maximum Gasteiger partial charge on any atom is 0.407 e. The molecular formula is C37H49F2N5O4S. The second kappa shape index (κ2) is 15.3. The minimum Gasteiger partial charge on any atom is -0.453 e. The number of rotatable bonds is 13. The Morgan fingerprint density at radius 2 is 1.78 bits per heavy atom. The standard InChI is InChI=1S/C37H49F2N5O4S/c1-3-35-40-16-19-44(35)26-37(29-6-4-7-31(39)22-29,33-8-5-9-34(33)41-36(45)48-2)28-14-17-42(18-15-28)23-27-24-43(25-27)20-21-49(46,47)32-12-10-30(38)11-13-32/h4,6-7,10-13,16,19,22,27-28,33-34H,3,5,8-9,14-15,17-18,20-21,23-26H2,1-2H3,(H,41,45)/t33-,34-,37-/m0/s1. The molecule has 49 heavy (non-hydrogen) atoms. The SMILES string of the molecule is CCc1nccn1C[C@@](c1cccc(F)c1)(C1CCN(CC2CN(CCS(=O)(=O)c3ccc(F)cc3)C2)CC1)[C@H]1CCC[C@@H]1NC(=O)OC. The van der Waals surface area contributed by atoms with Gasteiger partial charge in [-0.15, -0.1) is 0 Å². The van der Waals surface area contributed by atoms with Crippen LogP contribution in [0.4, 0.5) is 13.6 Å². The Morgan fingerprint density at radius 1 is 1.02 bits per heavy atom. The molecule has 1 aliphatic carbocycles. The van der Waals surface area contributed by atoms with Crippen molar-refractivity contribution in [2.75, 3.05) is 52.1 Å². The van der Waals surface area contributed by atoms with E-state index in [-0.39, 0.29) is 34.3 Å². The average molecular weight is 698 g/mol. The van der Waals surface area contributed by atoms with Gasteiger partial charge in [-0.1, -0.05) is 25.5 Å². The van der Waals surface area contributed by atoms with Crippen molar-refractivity contribution in [3.63, 3.8) is 0 Å². The van der Waals surface area contributed by atoms with E-state index in [0.29, 0.717) is 19.0 Å². The summed E-state index contributed by atoms with van der Waals surface area (Å²) in [6.45, 7) is 7.73. The van der Waals surface area contributed by atoms with Crippen molar-refractivity contribution >= 4 is 15.9 Å². The van der Waals surface area contributed by atoms with Crippen LogP contribution < -0.4 is 5.32 Å². The number of nitrogens with zero attached hydrogens (tertiary/aromatic N) is 4. The number of benzene rings is 2. The Kier molecular flexibility index (Phi) is 11.1. The molecule has 1 saturated carbocycles. The van der Waals surface area contributed by atoms with Crippen molar-refractivity contribution in [2.24, 2.45) is 17.8 Å². The van der Waals surface area contributed by atoms with Crippen molar-refractivity contribution in [1.29, 1.82) is 0 Å². The predicted molar refractivity (Wildman–Crippen MR) is 184 cm³/mol. The van der Waals surface area contributed by atoms with Crippen molar-refractivity contribution in [3.8, 4) is 0 Å². The number of nitrogens with one attached hydrogen (secondary N) is 1. The van der Waals surface area contributed by atoms with E-state index in [2.05, 4.69) is 37.7 Å². The third-order valence-electron chi connectivity index (χ3n) is 11.3. The number of imidazole rings is 1. The number of ether oxygens (including phenoxy) is 1. The van der Waals surface area contributed by atoms with Gasteiger partial charge in [0.2, 0.25) is 0 Å². The molecular weight excluding hydrogens is 649 g/mol. The van der Waals surface area contributed by atoms with E-state index in [1.165, 1.54) is 37.4 Å². The largest absolute Gasteiger partial charge is 0.453 e. The van der Waals surface area contributed by atoms with Crippen LogP contribution in [0.5, 0.6) is 0 Å². The second-order valence-corrected chi connectivity index (χ2v) is 16.2. The molecule has 2 aliphatic heterocycles. The summed E-state index contributed by atoms with van der Waals surface area (Å²) in [6.07, 6.45) is 8.88. The predicted octanol–water partition coefficient (Wildman–Crippen LogP) is 5.30. The van der Waals surface area contributed by atoms with Gasteiger partial charge in [0.15, 0.2) is 9.84 Å². The molecule has 0 radical (unpaired) electrons. The summed E-state index contributed by atoms with van der Waals surface area (Å²) in [5, 5.41) is 3.15. The van der Waals surface area contributed by atoms with Gasteiger partial charge >= 0.3 is 6.09 Å². The third-order valence-corrected chi connectivity index (χ3v) is 13.0. The highest BCUT2D eigenvalue weighted by atomic mass is 32.2. The second-order valence-electron chi connectivity index (χ2n) is 14.1. The van der Waals surface area contributed by atoms with E-state index in [4.69, 9.17) is 4.74 Å². The van der Waals surface area contributed by atoms with E-state index in [0.717, 1.165) is 82.6 Å². The number of hydrogen-bond donors (Lipinski definition) is 1. The molecule has 0 unspecified atom stereocenters. The lowest BCUT2D eigenvalue weighted by molar-refractivity contribution is 0.0312. The zero-order chi connectivity index (χ0) is 34.6. The highest BCUT2D eigenvalue weighted by molar-refractivity contribution is 7.91. The molecule has 9 nitrogen and oxygen atoms in total. The van der Waals surface area contributed by atoms with E-state index >= 15 is 4.39 Å². The van der Waals surface area contributed by atoms with E-state index in [9.17, 15) is 17.6 Å². The Balaban J connectivity index is 1.15. The van der Waals surface area contributed by atoms with Crippen LogP contribution >= 0.6 is 0 Å². The number of aromatic nitrogens is 2. The van der Waals surface area contributed by atoms with Crippen molar-refractivity contribution in [3.05, 3.63) is 83.9 Å². The van der Waals surface area contributed by atoms with Gasteiger partial charge in [-0.25, -0.2) is 27.0 Å². The number of piperidine rings is 1. The number of methoxy groups -OCH3 is 1. The first kappa shape index (κ1) is 35.5. The summed E-state index contributed by atoms with van der Waals surface area (Å²) in [6, 6.07) is 12.0. The van der Waals surface area contributed by atoms with Crippen LogP contribution in [0.2, 0.25) is 0 Å². The highest BCUT2D eigenvalue weighted by Crippen LogP contribution is 2.52. The molecule has 12 heteroatoms. The maximum absolute atomic E-state index is 15.1. The van der Waals surface area contributed by atoms with Gasteiger partial charge in [0, 0.05) is 63.0 Å². The Hall–Kier alpha value is -3.35. The first-order valence-corrected chi connectivity index (χ1v) is 19.3. The number of carbonyl (C=O) groups excluding carboxylic acids is 1. The van der Waals surface area contributed by atoms with Crippen LogP contribution in [0.3, 0.4) is 0 Å². The molecule has 3 aliphatic rings. The van der Waals surface area contributed by atoms with Crippen LogP contribution in [0.1, 0.15) is 50.4 Å². The average Bonchev–Trinajstić information content (AvgIpc) is 3.74. The lowest BCUT2D eigenvalue weighted by Crippen LogP contribution is -2.56. The van der Waals surface area contributed by atoms with Crippen molar-refractivity contribution in [2.45, 2.75) is 68.3 Å². The fourth-order valence-corrected chi connectivity index (χ4v) is 10.2. The zero-order valence-electron chi connectivity index (χ0n) is 28.6. The number of carbonyl (C=O) groups is 1. The molecule has 6 rings (SSSR count). The fraction of sp³-hybridized carbons (Fsp3) is 0.568. The molecule has 3 aromatic rings. The van der Waals surface area contributed by atoms with Gasteiger partial charge in [-0.3, -0.25) is 0 Å². The summed E-state index contributed by atoms with van der Waals surface area (Å²) in [5.74, 6) is 1.11. The molecule has 3 fully saturated rings. The van der Waals surface area contributed by atoms with Gasteiger partial charge < -0.3 is 24.4 Å². The fourth-order valence-electron chi connectivity index (χ4n) is 8.89. The molecule has 266 valence electrons. The first-order valence-electron chi connectivity index (χ1n) is 17.6. The van der Waals surface area contributed by atoms with Gasteiger partial charge in [0.1, 0.15) is 17.5 Å². The lowest BCUT2D eigenvalue weighted by Gasteiger charge is -2.51. The van der Waals surface area contributed by atoms with Gasteiger partial charge in [0.25, 0.3) is 0 Å². The Labute approximate surface area is 288 Å². The summed E-state index contributed by atoms with van der Waals surface area (Å²) in [4.78, 5) is 22.0. The molecule has 1 amide bonds. The van der Waals surface area contributed by atoms with Gasteiger partial charge in [-0.2, -0.15) is 0 Å². The number of alkyl carbamates (subject to hydrolysis) is 1.